The van der Waals surface area contributed by atoms with Gasteiger partial charge in [0.2, 0.25) is 5.91 Å². The van der Waals surface area contributed by atoms with E-state index >= 15 is 0 Å². The first-order chi connectivity index (χ1) is 18.0. The summed E-state index contributed by atoms with van der Waals surface area (Å²) >= 11 is 12.3. The minimum absolute atomic E-state index is 0.131. The van der Waals surface area contributed by atoms with Crippen LogP contribution in [0.4, 0.5) is 0 Å². The summed E-state index contributed by atoms with van der Waals surface area (Å²) in [6.45, 7) is 0.0107. The highest BCUT2D eigenvalue weighted by atomic mass is 35.5. The minimum atomic E-state index is -0.706. The van der Waals surface area contributed by atoms with Crippen molar-refractivity contribution in [2.24, 2.45) is 0 Å². The Morgan fingerprint density at radius 1 is 0.865 bits per heavy atom. The molecule has 1 fully saturated rings. The van der Waals surface area contributed by atoms with Crippen molar-refractivity contribution in [3.8, 4) is 5.75 Å². The second-order valence-electron chi connectivity index (χ2n) is 9.42. The Morgan fingerprint density at radius 2 is 1.54 bits per heavy atom. The molecule has 0 unspecified atom stereocenters. The fraction of sp³-hybridized carbons (Fsp3) is 0.333. The fourth-order valence-corrected chi connectivity index (χ4v) is 4.99. The van der Waals surface area contributed by atoms with E-state index in [4.69, 9.17) is 27.9 Å². The number of hydrogen-bond acceptors (Lipinski definition) is 3. The summed E-state index contributed by atoms with van der Waals surface area (Å²) in [5, 5.41) is 4.27. The maximum atomic E-state index is 13.7. The van der Waals surface area contributed by atoms with Crippen molar-refractivity contribution in [2.45, 2.75) is 57.2 Å². The lowest BCUT2D eigenvalue weighted by atomic mass is 9.94. The highest BCUT2D eigenvalue weighted by Crippen LogP contribution is 2.24. The highest BCUT2D eigenvalue weighted by Gasteiger charge is 2.32. The summed E-state index contributed by atoms with van der Waals surface area (Å²) in [5.74, 6) is -0.0133. The molecule has 0 aromatic heterocycles. The van der Waals surface area contributed by atoms with E-state index in [2.05, 4.69) is 5.32 Å². The summed E-state index contributed by atoms with van der Waals surface area (Å²) in [5.41, 5.74) is 1.85. The number of carbonyl (C=O) groups excluding carboxylic acids is 2. The van der Waals surface area contributed by atoms with Crippen LogP contribution in [0.5, 0.6) is 5.75 Å². The second kappa shape index (κ2) is 13.5. The van der Waals surface area contributed by atoms with E-state index in [1.54, 1.807) is 41.3 Å². The zero-order valence-electron chi connectivity index (χ0n) is 20.7. The molecule has 2 amide bonds. The molecule has 0 spiro atoms. The topological polar surface area (TPSA) is 58.6 Å². The smallest absolute Gasteiger partial charge is 0.261 e. The molecule has 1 aliphatic carbocycles. The van der Waals surface area contributed by atoms with Gasteiger partial charge in [0, 0.05) is 24.0 Å². The van der Waals surface area contributed by atoms with Crippen LogP contribution in [0.15, 0.2) is 78.9 Å². The Balaban J connectivity index is 1.61. The van der Waals surface area contributed by atoms with Crippen molar-refractivity contribution in [1.29, 1.82) is 0 Å². The van der Waals surface area contributed by atoms with Crippen LogP contribution in [0.1, 0.15) is 43.2 Å². The summed E-state index contributed by atoms with van der Waals surface area (Å²) in [6, 6.07) is 23.5. The number of nitrogens with one attached hydrogen (secondary N) is 1. The molecule has 0 saturated heterocycles. The molecule has 0 heterocycles. The molecule has 1 atom stereocenters. The SMILES string of the molecule is O=C(NC1CCCCC1)[C@H](Cc1ccccc1)N(Cc1ccc(Cl)cc1)C(=O)COc1ccccc1Cl. The van der Waals surface area contributed by atoms with E-state index in [0.717, 1.165) is 36.8 Å². The molecule has 3 aromatic carbocycles. The zero-order chi connectivity index (χ0) is 26.0. The number of amides is 2. The van der Waals surface area contributed by atoms with Crippen LogP contribution in [-0.2, 0) is 22.6 Å². The maximum Gasteiger partial charge on any atom is 0.261 e. The number of hydrogen-bond donors (Lipinski definition) is 1. The Kier molecular flexibility index (Phi) is 9.86. The lowest BCUT2D eigenvalue weighted by Crippen LogP contribution is -2.53. The first-order valence-electron chi connectivity index (χ1n) is 12.7. The van der Waals surface area contributed by atoms with Gasteiger partial charge in [-0.3, -0.25) is 9.59 Å². The van der Waals surface area contributed by atoms with Crippen molar-refractivity contribution < 1.29 is 14.3 Å². The maximum absolute atomic E-state index is 13.7. The van der Waals surface area contributed by atoms with Crippen LogP contribution < -0.4 is 10.1 Å². The molecule has 1 aliphatic rings. The number of carbonyl (C=O) groups is 2. The average Bonchev–Trinajstić information content (AvgIpc) is 2.92. The van der Waals surface area contributed by atoms with Gasteiger partial charge in [0.15, 0.2) is 6.61 Å². The van der Waals surface area contributed by atoms with E-state index in [1.807, 2.05) is 42.5 Å². The summed E-state index contributed by atoms with van der Waals surface area (Å²) in [6.07, 6.45) is 5.72. The van der Waals surface area contributed by atoms with Gasteiger partial charge >= 0.3 is 0 Å². The zero-order valence-corrected chi connectivity index (χ0v) is 22.3. The van der Waals surface area contributed by atoms with Gasteiger partial charge in [0.25, 0.3) is 5.91 Å². The Morgan fingerprint density at radius 3 is 2.24 bits per heavy atom. The lowest BCUT2D eigenvalue weighted by molar-refractivity contribution is -0.143. The lowest BCUT2D eigenvalue weighted by Gasteiger charge is -2.33. The first kappa shape index (κ1) is 27.0. The van der Waals surface area contributed by atoms with Gasteiger partial charge in [-0.1, -0.05) is 97.1 Å². The van der Waals surface area contributed by atoms with E-state index in [0.29, 0.717) is 22.2 Å². The fourth-order valence-electron chi connectivity index (χ4n) is 4.67. The van der Waals surface area contributed by atoms with Crippen molar-refractivity contribution in [2.75, 3.05) is 6.61 Å². The summed E-state index contributed by atoms with van der Waals surface area (Å²) in [4.78, 5) is 29.0. The predicted octanol–water partition coefficient (Wildman–Crippen LogP) is 6.46. The molecule has 3 aromatic rings. The number of benzene rings is 3. The van der Waals surface area contributed by atoms with Crippen LogP contribution in [-0.4, -0.2) is 35.4 Å². The van der Waals surface area contributed by atoms with Crippen LogP contribution in [0.3, 0.4) is 0 Å². The number of para-hydroxylation sites is 1. The third-order valence-electron chi connectivity index (χ3n) is 6.68. The number of nitrogens with zero attached hydrogens (tertiary/aromatic N) is 1. The molecule has 4 rings (SSSR count). The average molecular weight is 540 g/mol. The second-order valence-corrected chi connectivity index (χ2v) is 10.3. The van der Waals surface area contributed by atoms with Crippen molar-refractivity contribution in [1.82, 2.24) is 10.2 Å². The quantitative estimate of drug-likeness (QED) is 0.322. The number of ether oxygens (including phenoxy) is 1. The predicted molar refractivity (Wildman–Crippen MR) is 148 cm³/mol. The molecule has 0 radical (unpaired) electrons. The molecule has 1 N–H and O–H groups in total. The van der Waals surface area contributed by atoms with Gasteiger partial charge in [-0.05, 0) is 48.2 Å². The molecule has 37 heavy (non-hydrogen) atoms. The molecule has 5 nitrogen and oxygen atoms in total. The Labute approximate surface area is 228 Å². The summed E-state index contributed by atoms with van der Waals surface area (Å²) < 4.78 is 5.79. The number of halogens is 2. The molecular weight excluding hydrogens is 507 g/mol. The first-order valence-corrected chi connectivity index (χ1v) is 13.5. The standard InChI is InChI=1S/C30H32Cl2N2O3/c31-24-17-15-23(16-18-24)20-34(29(35)21-37-28-14-8-7-13-26(28)32)27(19-22-9-3-1-4-10-22)30(36)33-25-11-5-2-6-12-25/h1,3-4,7-10,13-18,25,27H,2,5-6,11-12,19-21H2,(H,33,36)/t27-/m0/s1. The van der Waals surface area contributed by atoms with Crippen LogP contribution in [0.2, 0.25) is 10.0 Å². The highest BCUT2D eigenvalue weighted by molar-refractivity contribution is 6.32. The Bertz CT molecular complexity index is 1160. The van der Waals surface area contributed by atoms with E-state index in [1.165, 1.54) is 6.42 Å². The molecule has 0 bridgehead atoms. The van der Waals surface area contributed by atoms with Crippen LogP contribution in [0.25, 0.3) is 0 Å². The van der Waals surface area contributed by atoms with Crippen molar-refractivity contribution in [3.63, 3.8) is 0 Å². The monoisotopic (exact) mass is 538 g/mol. The Hall–Kier alpha value is -3.02. The van der Waals surface area contributed by atoms with Gasteiger partial charge < -0.3 is 15.0 Å². The van der Waals surface area contributed by atoms with Crippen LogP contribution in [0, 0.1) is 0 Å². The normalized spacial score (nSPS) is 14.5. The van der Waals surface area contributed by atoms with Gasteiger partial charge in [-0.15, -0.1) is 0 Å². The minimum Gasteiger partial charge on any atom is -0.482 e. The van der Waals surface area contributed by atoms with Gasteiger partial charge in [0.05, 0.1) is 5.02 Å². The number of rotatable bonds is 10. The third-order valence-corrected chi connectivity index (χ3v) is 7.24. The molecule has 1 saturated carbocycles. The van der Waals surface area contributed by atoms with Gasteiger partial charge in [-0.2, -0.15) is 0 Å². The largest absolute Gasteiger partial charge is 0.482 e. The van der Waals surface area contributed by atoms with E-state index in [-0.39, 0.29) is 31.0 Å². The van der Waals surface area contributed by atoms with E-state index in [9.17, 15) is 9.59 Å². The molecule has 7 heteroatoms. The summed E-state index contributed by atoms with van der Waals surface area (Å²) in [7, 11) is 0. The van der Waals surface area contributed by atoms with Gasteiger partial charge in [-0.25, -0.2) is 0 Å². The molecule has 0 aliphatic heterocycles. The van der Waals surface area contributed by atoms with Crippen LogP contribution >= 0.6 is 23.2 Å². The van der Waals surface area contributed by atoms with Crippen molar-refractivity contribution in [3.05, 3.63) is 100 Å². The van der Waals surface area contributed by atoms with Gasteiger partial charge in [0.1, 0.15) is 11.8 Å². The molecule has 194 valence electrons. The van der Waals surface area contributed by atoms with E-state index < -0.39 is 6.04 Å². The third kappa shape index (κ3) is 7.98. The molecular formula is C30H32Cl2N2O3. The van der Waals surface area contributed by atoms with Crippen molar-refractivity contribution >= 4 is 35.0 Å².